The number of hydrogen-bond acceptors (Lipinski definition) is 11. The fourth-order valence-corrected chi connectivity index (χ4v) is 7.01. The minimum Gasteiger partial charge on any atom is -0.406 e. The maximum atomic E-state index is 12.5. The van der Waals surface area contributed by atoms with Crippen LogP contribution in [0.15, 0.2) is 18.2 Å². The number of nitrogens with two attached hydrogens (primary N) is 1. The zero-order chi connectivity index (χ0) is 28.2. The van der Waals surface area contributed by atoms with Gasteiger partial charge in [-0.2, -0.15) is 0 Å². The fourth-order valence-electron chi connectivity index (χ4n) is 7.01. The van der Waals surface area contributed by atoms with E-state index in [0.717, 1.165) is 44.3 Å². The van der Waals surface area contributed by atoms with E-state index in [1.54, 1.807) is 6.07 Å². The molecule has 3 saturated heterocycles. The lowest BCUT2D eigenvalue weighted by Crippen LogP contribution is -2.64. The van der Waals surface area contributed by atoms with Gasteiger partial charge in [0.2, 0.25) is 0 Å². The molecule has 1 aliphatic carbocycles. The Kier molecular flexibility index (Phi) is 7.80. The summed E-state index contributed by atoms with van der Waals surface area (Å²) in [7, 11) is 2.03. The van der Waals surface area contributed by atoms with Crippen LogP contribution < -0.4 is 31.7 Å². The van der Waals surface area contributed by atoms with E-state index in [0.29, 0.717) is 30.9 Å². The van der Waals surface area contributed by atoms with Crippen LogP contribution in [0.5, 0.6) is 5.75 Å². The minimum atomic E-state index is -4.71. The molecule has 6 rings (SSSR count). The summed E-state index contributed by atoms with van der Waals surface area (Å²) in [6, 6.07) is 4.65. The lowest BCUT2D eigenvalue weighted by atomic mass is 9.76. The molecule has 1 aromatic carbocycles. The zero-order valence-electron chi connectivity index (χ0n) is 22.5. The van der Waals surface area contributed by atoms with E-state index < -0.39 is 30.9 Å². The highest BCUT2D eigenvalue weighted by atomic mass is 19.4. The Morgan fingerprint density at radius 1 is 1.12 bits per heavy atom. The quantitative estimate of drug-likeness (QED) is 0.238. The van der Waals surface area contributed by atoms with Crippen molar-refractivity contribution in [1.82, 2.24) is 20.4 Å². The lowest BCUT2D eigenvalue weighted by molar-refractivity contribution is -0.274. The van der Waals surface area contributed by atoms with Crippen LogP contribution in [0.2, 0.25) is 0 Å². The zero-order valence-corrected chi connectivity index (χ0v) is 22.5. The Morgan fingerprint density at radius 2 is 1.90 bits per heavy atom. The Balaban J connectivity index is 0.931. The highest BCUT2D eigenvalue weighted by Crippen LogP contribution is 2.39. The molecule has 4 heterocycles. The second-order valence-corrected chi connectivity index (χ2v) is 11.9. The predicted octanol–water partition coefficient (Wildman–Crippen LogP) is 0.769. The van der Waals surface area contributed by atoms with E-state index in [2.05, 4.69) is 35.8 Å². The van der Waals surface area contributed by atoms with Crippen LogP contribution in [0.1, 0.15) is 32.1 Å². The van der Waals surface area contributed by atoms with Crippen molar-refractivity contribution in [2.24, 2.45) is 17.6 Å². The van der Waals surface area contributed by atoms with E-state index in [1.165, 1.54) is 12.1 Å². The van der Waals surface area contributed by atoms with Crippen molar-refractivity contribution in [3.8, 4) is 5.75 Å². The molecule has 11 nitrogen and oxygen atoms in total. The van der Waals surface area contributed by atoms with Crippen LogP contribution in [0.4, 0.5) is 24.5 Å². The second-order valence-electron chi connectivity index (χ2n) is 11.9. The molecule has 4 fully saturated rings. The summed E-state index contributed by atoms with van der Waals surface area (Å²) < 4.78 is 47.8. The summed E-state index contributed by atoms with van der Waals surface area (Å²) in [6.45, 7) is 1.88. The summed E-state index contributed by atoms with van der Waals surface area (Å²) in [5.41, 5.74) is 7.60. The topological polar surface area (TPSA) is 140 Å². The molecule has 5 aliphatic rings. The molecule has 8 atom stereocenters. The van der Waals surface area contributed by atoms with E-state index in [4.69, 9.17) is 10.5 Å². The third-order valence-corrected chi connectivity index (χ3v) is 9.31. The van der Waals surface area contributed by atoms with E-state index in [1.807, 2.05) is 7.05 Å². The molecular weight excluding hydrogens is 531 g/mol. The number of benzene rings is 1. The Labute approximate surface area is 231 Å². The van der Waals surface area contributed by atoms with Gasteiger partial charge in [-0.05, 0) is 57.2 Å². The van der Waals surface area contributed by atoms with Crippen molar-refractivity contribution < 1.29 is 32.9 Å². The van der Waals surface area contributed by atoms with Gasteiger partial charge < -0.3 is 41.0 Å². The summed E-state index contributed by atoms with van der Waals surface area (Å²) in [6.07, 6.45) is -3.05. The first kappa shape index (κ1) is 28.2. The van der Waals surface area contributed by atoms with Gasteiger partial charge in [0.25, 0.3) is 0 Å². The molecule has 8 N–H and O–H groups in total. The van der Waals surface area contributed by atoms with Gasteiger partial charge in [0, 0.05) is 37.8 Å². The standard InChI is InChI=1S/C26H40F3N7O4/c1-35(11-19-21(37)22(38)25(39-19)36-7-6-16-23(30)31-12-32-24(16)36)14-8-13(9-14)2-5-20-33-17-4-3-15(10-18(17)34-20)40-26(27,28)29/h3-4,10,13-14,16,19-25,31-34,37-38H,2,5-9,11-12,30H2,1H3/t13-,14-,16?,19-,20?,21-,22-,23?,24?,25-/m1/s1. The first-order valence-corrected chi connectivity index (χ1v) is 14.2. The molecule has 1 aromatic rings. The molecule has 4 aliphatic heterocycles. The Hall–Kier alpha value is -1.91. The number of halogens is 3. The average Bonchev–Trinajstić information content (AvgIpc) is 3.54. The number of likely N-dealkylation sites (N-methyl/N-ethyl adjacent to an activating group) is 1. The van der Waals surface area contributed by atoms with Crippen LogP contribution >= 0.6 is 0 Å². The number of fused-ring (bicyclic) bond motifs is 2. The molecule has 224 valence electrons. The summed E-state index contributed by atoms with van der Waals surface area (Å²) in [5, 5.41) is 34.8. The van der Waals surface area contributed by atoms with Crippen molar-refractivity contribution in [3.05, 3.63) is 18.2 Å². The number of ether oxygens (including phenoxy) is 2. The molecule has 14 heteroatoms. The maximum Gasteiger partial charge on any atom is 0.573 e. The number of nitrogens with zero attached hydrogens (tertiary/aromatic N) is 2. The van der Waals surface area contributed by atoms with Gasteiger partial charge in [0.05, 0.1) is 29.9 Å². The number of alkyl halides is 3. The van der Waals surface area contributed by atoms with Crippen molar-refractivity contribution in [3.63, 3.8) is 0 Å². The van der Waals surface area contributed by atoms with Crippen LogP contribution in [-0.4, -0.2) is 102 Å². The van der Waals surface area contributed by atoms with Crippen LogP contribution in [0, 0.1) is 11.8 Å². The maximum absolute atomic E-state index is 12.5. The number of nitrogens with one attached hydrogen (secondary N) is 4. The van der Waals surface area contributed by atoms with Gasteiger partial charge in [-0.15, -0.1) is 13.2 Å². The second kappa shape index (κ2) is 11.1. The molecule has 0 radical (unpaired) electrons. The molecule has 40 heavy (non-hydrogen) atoms. The van der Waals surface area contributed by atoms with Gasteiger partial charge in [-0.1, -0.05) is 0 Å². The van der Waals surface area contributed by atoms with Gasteiger partial charge in [-0.3, -0.25) is 15.5 Å². The van der Waals surface area contributed by atoms with Crippen molar-refractivity contribution in [1.29, 1.82) is 0 Å². The molecule has 1 saturated carbocycles. The van der Waals surface area contributed by atoms with Crippen LogP contribution in [0.25, 0.3) is 0 Å². The van der Waals surface area contributed by atoms with Gasteiger partial charge in [0.1, 0.15) is 30.3 Å². The summed E-state index contributed by atoms with van der Waals surface area (Å²) in [5.74, 6) is 0.534. The van der Waals surface area contributed by atoms with Gasteiger partial charge in [0.15, 0.2) is 0 Å². The lowest BCUT2D eigenvalue weighted by Gasteiger charge is -2.42. The summed E-state index contributed by atoms with van der Waals surface area (Å²) in [4.78, 5) is 4.32. The molecule has 0 amide bonds. The number of likely N-dealkylation sites (tertiary alicyclic amines) is 1. The number of hydrogen-bond donors (Lipinski definition) is 7. The van der Waals surface area contributed by atoms with Crippen molar-refractivity contribution in [2.45, 2.75) is 87.5 Å². The fraction of sp³-hybridized carbons (Fsp3) is 0.769. The van der Waals surface area contributed by atoms with Crippen molar-refractivity contribution in [2.75, 3.05) is 37.4 Å². The molecule has 0 bridgehead atoms. The van der Waals surface area contributed by atoms with Crippen molar-refractivity contribution >= 4 is 11.4 Å². The minimum absolute atomic E-state index is 0.0129. The van der Waals surface area contributed by atoms with Crippen LogP contribution in [0.3, 0.4) is 0 Å². The first-order chi connectivity index (χ1) is 19.1. The number of aliphatic hydroxyl groups excluding tert-OH is 2. The Bertz CT molecular complexity index is 1050. The molecule has 4 unspecified atom stereocenters. The SMILES string of the molecule is CN(C[C@H]1O[C@@H](N2CCC3C(N)NCNC32)[C@H](O)[C@@H]1O)[C@H]1C[C@H](CCC2Nc3ccc(OC(F)(F)F)cc3N2)C1. The van der Waals surface area contributed by atoms with E-state index in [-0.39, 0.29) is 30.2 Å². The Morgan fingerprint density at radius 3 is 2.67 bits per heavy atom. The van der Waals surface area contributed by atoms with Crippen LogP contribution in [-0.2, 0) is 4.74 Å². The first-order valence-electron chi connectivity index (χ1n) is 14.2. The number of anilines is 2. The molecular formula is C26H40F3N7O4. The third kappa shape index (κ3) is 5.73. The average molecular weight is 572 g/mol. The molecule has 0 spiro atoms. The third-order valence-electron chi connectivity index (χ3n) is 9.31. The predicted molar refractivity (Wildman–Crippen MR) is 141 cm³/mol. The summed E-state index contributed by atoms with van der Waals surface area (Å²) >= 11 is 0. The van der Waals surface area contributed by atoms with E-state index in [9.17, 15) is 23.4 Å². The normalized spacial score (nSPS) is 39.4. The number of aliphatic hydroxyl groups is 2. The molecule has 0 aromatic heterocycles. The largest absolute Gasteiger partial charge is 0.573 e. The smallest absolute Gasteiger partial charge is 0.406 e. The highest BCUT2D eigenvalue weighted by Gasteiger charge is 2.52. The van der Waals surface area contributed by atoms with Gasteiger partial charge >= 0.3 is 6.36 Å². The number of rotatable bonds is 8. The van der Waals surface area contributed by atoms with E-state index >= 15 is 0 Å². The highest BCUT2D eigenvalue weighted by molar-refractivity contribution is 5.75. The monoisotopic (exact) mass is 571 g/mol. The van der Waals surface area contributed by atoms with Gasteiger partial charge in [-0.25, -0.2) is 0 Å².